The van der Waals surface area contributed by atoms with Crippen LogP contribution in [0.3, 0.4) is 0 Å². The van der Waals surface area contributed by atoms with Gasteiger partial charge in [0.05, 0.1) is 35.6 Å². The number of fused-ring (bicyclic) bond motifs is 1. The number of nitrogens with zero attached hydrogens (tertiary/aromatic N) is 2. The van der Waals surface area contributed by atoms with Gasteiger partial charge in [0.2, 0.25) is 0 Å². The Morgan fingerprint density at radius 2 is 1.92 bits per heavy atom. The number of ether oxygens (including phenoxy) is 3. The summed E-state index contributed by atoms with van der Waals surface area (Å²) in [5, 5.41) is 0.509. The van der Waals surface area contributed by atoms with Gasteiger partial charge in [-0.25, -0.2) is 9.79 Å². The van der Waals surface area contributed by atoms with Crippen LogP contribution in [0.4, 0.5) is 0 Å². The number of hydrogen-bond acceptors (Lipinski definition) is 8. The van der Waals surface area contributed by atoms with Crippen LogP contribution in [0.2, 0.25) is 5.02 Å². The zero-order chi connectivity index (χ0) is 27.6. The minimum absolute atomic E-state index is 0.123. The van der Waals surface area contributed by atoms with Gasteiger partial charge in [0.25, 0.3) is 5.56 Å². The Bertz CT molecular complexity index is 1620. The molecular weight excluding hydrogens is 528 g/mol. The quantitative estimate of drug-likeness (QED) is 0.323. The maximum atomic E-state index is 13.8. The molecule has 1 aliphatic rings. The molecule has 0 bridgehead atoms. The summed E-state index contributed by atoms with van der Waals surface area (Å²) in [5.41, 5.74) is 1.61. The molecular formula is C28H27ClN2O6S. The molecule has 198 valence electrons. The molecule has 1 atom stereocenters. The number of methoxy groups -OCH3 is 1. The van der Waals surface area contributed by atoms with Crippen LogP contribution >= 0.6 is 22.9 Å². The Morgan fingerprint density at radius 3 is 2.58 bits per heavy atom. The fourth-order valence-electron chi connectivity index (χ4n) is 4.04. The number of benzene rings is 2. The van der Waals surface area contributed by atoms with Crippen molar-refractivity contribution in [3.8, 4) is 11.5 Å². The minimum atomic E-state index is -0.848. The molecule has 0 unspecified atom stereocenters. The number of esters is 2. The van der Waals surface area contributed by atoms with Crippen molar-refractivity contribution in [1.29, 1.82) is 0 Å². The number of carbonyl (C=O) groups excluding carboxylic acids is 2. The van der Waals surface area contributed by atoms with E-state index in [-0.39, 0.29) is 35.2 Å². The number of rotatable bonds is 7. The first-order chi connectivity index (χ1) is 18.1. The molecule has 0 fully saturated rings. The van der Waals surface area contributed by atoms with Crippen LogP contribution in [-0.2, 0) is 14.3 Å². The first-order valence-corrected chi connectivity index (χ1v) is 13.1. The van der Waals surface area contributed by atoms with Crippen molar-refractivity contribution in [2.75, 3.05) is 13.7 Å². The van der Waals surface area contributed by atoms with Crippen LogP contribution in [0.5, 0.6) is 11.5 Å². The molecule has 0 radical (unpaired) electrons. The summed E-state index contributed by atoms with van der Waals surface area (Å²) < 4.78 is 18.2. The fourth-order valence-corrected chi connectivity index (χ4v) is 5.27. The third-order valence-corrected chi connectivity index (χ3v) is 7.07. The van der Waals surface area contributed by atoms with Crippen LogP contribution in [0, 0.1) is 5.92 Å². The average molecular weight is 555 g/mol. The summed E-state index contributed by atoms with van der Waals surface area (Å²) in [4.78, 5) is 43.7. The predicted octanol–water partition coefficient (Wildman–Crippen LogP) is 4.02. The number of allylic oxidation sites excluding steroid dienone is 1. The maximum absolute atomic E-state index is 13.8. The summed E-state index contributed by atoms with van der Waals surface area (Å²) in [7, 11) is 1.44. The van der Waals surface area contributed by atoms with E-state index < -0.39 is 18.0 Å². The van der Waals surface area contributed by atoms with Gasteiger partial charge in [-0.2, -0.15) is 0 Å². The maximum Gasteiger partial charge on any atom is 0.338 e. The normalized spacial score (nSPS) is 15.2. The molecule has 1 aliphatic heterocycles. The third-order valence-electron chi connectivity index (χ3n) is 5.74. The van der Waals surface area contributed by atoms with E-state index in [1.165, 1.54) is 29.9 Å². The lowest BCUT2D eigenvalue weighted by atomic mass is 9.95. The molecule has 38 heavy (non-hydrogen) atoms. The van der Waals surface area contributed by atoms with E-state index >= 15 is 0 Å². The first-order valence-electron chi connectivity index (χ1n) is 11.9. The molecule has 1 aromatic heterocycles. The van der Waals surface area contributed by atoms with Gasteiger partial charge >= 0.3 is 11.9 Å². The van der Waals surface area contributed by atoms with Gasteiger partial charge in [0.15, 0.2) is 16.3 Å². The number of halogens is 1. The second kappa shape index (κ2) is 11.4. The van der Waals surface area contributed by atoms with Crippen LogP contribution in [0.1, 0.15) is 44.9 Å². The Kier molecular flexibility index (Phi) is 8.18. The molecule has 0 amide bonds. The topological polar surface area (TPSA) is 96.2 Å². The first kappa shape index (κ1) is 27.3. The Morgan fingerprint density at radius 1 is 1.18 bits per heavy atom. The van der Waals surface area contributed by atoms with Crippen molar-refractivity contribution in [3.63, 3.8) is 0 Å². The van der Waals surface area contributed by atoms with E-state index in [1.807, 2.05) is 32.0 Å². The second-order valence-corrected chi connectivity index (χ2v) is 10.5. The zero-order valence-corrected chi connectivity index (χ0v) is 23.2. The lowest BCUT2D eigenvalue weighted by Crippen LogP contribution is -2.40. The predicted molar refractivity (Wildman–Crippen MR) is 145 cm³/mol. The molecule has 0 saturated carbocycles. The highest BCUT2D eigenvalue weighted by Gasteiger charge is 2.34. The lowest BCUT2D eigenvalue weighted by molar-refractivity contribution is -0.140. The number of thiazole rings is 1. The molecule has 0 aliphatic carbocycles. The van der Waals surface area contributed by atoms with E-state index in [4.69, 9.17) is 25.8 Å². The van der Waals surface area contributed by atoms with Gasteiger partial charge in [-0.1, -0.05) is 61.1 Å². The number of carbonyl (C=O) groups is 2. The summed E-state index contributed by atoms with van der Waals surface area (Å²) in [6.45, 7) is 7.10. The fraction of sp³-hybridized carbons (Fsp3) is 0.286. The molecule has 0 spiro atoms. The standard InChI is InChI=1S/C28H27ClN2O6S/c1-15(2)14-36-27(34)24-16(3)30-28-31(26(33)23(38-28)13-18-8-6-7-9-20(18)29)25(24)19-10-11-21(37-17(4)32)22(12-19)35-5/h6-13,15,25H,14H2,1-5H3/b23-13+/t25-/m1/s1. The molecule has 2 heterocycles. The van der Waals surface area contributed by atoms with Gasteiger partial charge in [-0.05, 0) is 48.2 Å². The molecule has 2 aromatic carbocycles. The van der Waals surface area contributed by atoms with Crippen molar-refractivity contribution in [2.45, 2.75) is 33.7 Å². The molecule has 3 aromatic rings. The van der Waals surface area contributed by atoms with Crippen LogP contribution in [-0.4, -0.2) is 30.2 Å². The lowest BCUT2D eigenvalue weighted by Gasteiger charge is -2.25. The van der Waals surface area contributed by atoms with E-state index in [0.717, 1.165) is 0 Å². The second-order valence-electron chi connectivity index (χ2n) is 9.10. The summed E-state index contributed by atoms with van der Waals surface area (Å²) in [5.74, 6) is -0.441. The number of aromatic nitrogens is 1. The molecule has 0 N–H and O–H groups in total. The smallest absolute Gasteiger partial charge is 0.338 e. The SMILES string of the molecule is COc1cc([C@@H]2C(C(=O)OCC(C)C)=C(C)N=c3s/c(=C/c4ccccc4Cl)c(=O)n32)ccc1OC(C)=O. The van der Waals surface area contributed by atoms with Gasteiger partial charge in [-0.15, -0.1) is 0 Å². The number of hydrogen-bond donors (Lipinski definition) is 0. The molecule has 10 heteroatoms. The van der Waals surface area contributed by atoms with Crippen molar-refractivity contribution >= 4 is 41.0 Å². The highest BCUT2D eigenvalue weighted by atomic mass is 35.5. The molecule has 4 rings (SSSR count). The zero-order valence-electron chi connectivity index (χ0n) is 21.6. The molecule has 0 saturated heterocycles. The third kappa shape index (κ3) is 5.58. The average Bonchev–Trinajstić information content (AvgIpc) is 3.17. The Labute approximate surface area is 228 Å². The minimum Gasteiger partial charge on any atom is -0.493 e. The van der Waals surface area contributed by atoms with Crippen molar-refractivity contribution in [2.24, 2.45) is 10.9 Å². The van der Waals surface area contributed by atoms with Crippen molar-refractivity contribution in [1.82, 2.24) is 4.57 Å². The van der Waals surface area contributed by atoms with Crippen molar-refractivity contribution in [3.05, 3.63) is 89.6 Å². The monoisotopic (exact) mass is 554 g/mol. The van der Waals surface area contributed by atoms with E-state index in [1.54, 1.807) is 37.3 Å². The largest absolute Gasteiger partial charge is 0.493 e. The highest BCUT2D eigenvalue weighted by Crippen LogP contribution is 2.36. The van der Waals surface area contributed by atoms with Crippen molar-refractivity contribution < 1.29 is 23.8 Å². The summed E-state index contributed by atoms with van der Waals surface area (Å²) in [6, 6.07) is 11.3. The van der Waals surface area contributed by atoms with Gasteiger partial charge < -0.3 is 14.2 Å². The van der Waals surface area contributed by atoms with Crippen LogP contribution in [0.15, 0.2) is 63.5 Å². The van der Waals surface area contributed by atoms with Gasteiger partial charge in [-0.3, -0.25) is 14.2 Å². The van der Waals surface area contributed by atoms with Gasteiger partial charge in [0, 0.05) is 11.9 Å². The van der Waals surface area contributed by atoms with Gasteiger partial charge in [0.1, 0.15) is 0 Å². The Balaban J connectivity index is 1.94. The van der Waals surface area contributed by atoms with E-state index in [0.29, 0.717) is 31.2 Å². The summed E-state index contributed by atoms with van der Waals surface area (Å²) >= 11 is 7.54. The Hall–Kier alpha value is -3.69. The summed E-state index contributed by atoms with van der Waals surface area (Å²) in [6.07, 6.45) is 1.71. The van der Waals surface area contributed by atoms with E-state index in [9.17, 15) is 14.4 Å². The highest BCUT2D eigenvalue weighted by molar-refractivity contribution is 7.07. The van der Waals surface area contributed by atoms with Crippen LogP contribution in [0.25, 0.3) is 6.08 Å². The van der Waals surface area contributed by atoms with Crippen LogP contribution < -0.4 is 24.4 Å². The van der Waals surface area contributed by atoms with E-state index in [2.05, 4.69) is 4.99 Å². The molecule has 8 nitrogen and oxygen atoms in total.